The second-order valence-corrected chi connectivity index (χ2v) is 7.49. The highest BCUT2D eigenvalue weighted by Crippen LogP contribution is 2.41. The van der Waals surface area contributed by atoms with Crippen LogP contribution in [0.1, 0.15) is 55.5 Å². The van der Waals surface area contributed by atoms with Gasteiger partial charge in [0.25, 0.3) is 5.91 Å². The topological polar surface area (TPSA) is 47.6 Å². The molecule has 0 spiro atoms. The van der Waals surface area contributed by atoms with Gasteiger partial charge in [-0.25, -0.2) is 0 Å². The summed E-state index contributed by atoms with van der Waals surface area (Å²) < 4.78 is 11.2. The minimum atomic E-state index is -0.0597. The van der Waals surface area contributed by atoms with Crippen LogP contribution in [0.25, 0.3) is 0 Å². The van der Waals surface area contributed by atoms with Crippen LogP contribution in [-0.2, 0) is 5.41 Å². The second kappa shape index (κ2) is 8.58. The zero-order valence-electron chi connectivity index (χ0n) is 15.5. The summed E-state index contributed by atoms with van der Waals surface area (Å²) in [7, 11) is 0. The van der Waals surface area contributed by atoms with Crippen LogP contribution in [0.15, 0.2) is 35.0 Å². The van der Waals surface area contributed by atoms with E-state index >= 15 is 0 Å². The van der Waals surface area contributed by atoms with E-state index in [1.165, 1.54) is 18.4 Å². The molecule has 4 nitrogen and oxygen atoms in total. The van der Waals surface area contributed by atoms with Gasteiger partial charge < -0.3 is 14.8 Å². The lowest BCUT2D eigenvalue weighted by atomic mass is 9.80. The van der Waals surface area contributed by atoms with Gasteiger partial charge in [-0.3, -0.25) is 4.79 Å². The van der Waals surface area contributed by atoms with Crippen LogP contribution in [0.5, 0.6) is 11.5 Å². The summed E-state index contributed by atoms with van der Waals surface area (Å²) in [6.07, 6.45) is 4.72. The van der Waals surface area contributed by atoms with Gasteiger partial charge in [0, 0.05) is 17.5 Å². The predicted molar refractivity (Wildman–Crippen MR) is 106 cm³/mol. The molecule has 1 aromatic heterocycles. The Morgan fingerprint density at radius 1 is 1.12 bits per heavy atom. The Morgan fingerprint density at radius 2 is 1.85 bits per heavy atom. The number of thiophene rings is 1. The van der Waals surface area contributed by atoms with Crippen molar-refractivity contribution in [1.29, 1.82) is 0 Å². The maximum atomic E-state index is 12.7. The van der Waals surface area contributed by atoms with Crippen molar-refractivity contribution in [2.24, 2.45) is 0 Å². The first-order valence-corrected chi connectivity index (χ1v) is 10.3. The lowest BCUT2D eigenvalue weighted by Gasteiger charge is -2.28. The zero-order valence-corrected chi connectivity index (χ0v) is 16.4. The molecule has 0 aliphatic heterocycles. The van der Waals surface area contributed by atoms with E-state index in [1.54, 1.807) is 23.5 Å². The fourth-order valence-corrected chi connectivity index (χ4v) is 4.51. The molecule has 0 bridgehead atoms. The normalized spacial score (nSPS) is 15.6. The van der Waals surface area contributed by atoms with E-state index in [9.17, 15) is 4.79 Å². The minimum Gasteiger partial charge on any atom is -0.490 e. The lowest BCUT2D eigenvalue weighted by Crippen LogP contribution is -2.38. The number of benzene rings is 1. The molecule has 0 saturated heterocycles. The van der Waals surface area contributed by atoms with Crippen LogP contribution in [-0.4, -0.2) is 25.7 Å². The van der Waals surface area contributed by atoms with Crippen molar-refractivity contribution in [1.82, 2.24) is 5.32 Å². The van der Waals surface area contributed by atoms with Gasteiger partial charge in [-0.1, -0.05) is 12.8 Å². The molecule has 3 rings (SSSR count). The smallest absolute Gasteiger partial charge is 0.251 e. The van der Waals surface area contributed by atoms with Crippen molar-refractivity contribution < 1.29 is 14.3 Å². The van der Waals surface area contributed by atoms with E-state index in [1.807, 2.05) is 19.9 Å². The van der Waals surface area contributed by atoms with Gasteiger partial charge >= 0.3 is 0 Å². The van der Waals surface area contributed by atoms with E-state index in [4.69, 9.17) is 9.47 Å². The summed E-state index contributed by atoms with van der Waals surface area (Å²) in [5.41, 5.74) is 2.06. The molecule has 1 aromatic carbocycles. The molecule has 0 radical (unpaired) electrons. The molecule has 1 aliphatic rings. The highest BCUT2D eigenvalue weighted by Gasteiger charge is 2.36. The average molecular weight is 374 g/mol. The van der Waals surface area contributed by atoms with Crippen molar-refractivity contribution in [3.63, 3.8) is 0 Å². The first-order valence-electron chi connectivity index (χ1n) is 9.39. The lowest BCUT2D eigenvalue weighted by molar-refractivity contribution is 0.0942. The van der Waals surface area contributed by atoms with E-state index in [0.717, 1.165) is 12.8 Å². The van der Waals surface area contributed by atoms with Gasteiger partial charge in [-0.15, -0.1) is 0 Å². The number of carbonyl (C=O) groups excluding carboxylic acids is 1. The van der Waals surface area contributed by atoms with Crippen LogP contribution >= 0.6 is 11.3 Å². The number of carbonyl (C=O) groups is 1. The van der Waals surface area contributed by atoms with E-state index in [-0.39, 0.29) is 11.3 Å². The van der Waals surface area contributed by atoms with Gasteiger partial charge in [0.05, 0.1) is 13.2 Å². The number of rotatable bonds is 8. The molecule has 1 N–H and O–H groups in total. The summed E-state index contributed by atoms with van der Waals surface area (Å²) in [5, 5.41) is 7.51. The predicted octanol–water partition coefficient (Wildman–Crippen LogP) is 4.79. The van der Waals surface area contributed by atoms with Crippen molar-refractivity contribution >= 4 is 17.2 Å². The van der Waals surface area contributed by atoms with Crippen molar-refractivity contribution in [2.75, 3.05) is 19.8 Å². The molecule has 5 heteroatoms. The first-order chi connectivity index (χ1) is 12.7. The van der Waals surface area contributed by atoms with Gasteiger partial charge in [0.15, 0.2) is 11.5 Å². The van der Waals surface area contributed by atoms with Crippen molar-refractivity contribution in [3.05, 3.63) is 46.2 Å². The standard InChI is InChI=1S/C21H27NO3S/c1-3-24-18-8-7-16(13-19(18)25-4-2)20(23)22-15-21(10-5-6-11-21)17-9-12-26-14-17/h7-9,12-14H,3-6,10-11,15H2,1-2H3,(H,22,23). The van der Waals surface area contributed by atoms with Gasteiger partial charge in [-0.05, 0) is 67.3 Å². The highest BCUT2D eigenvalue weighted by molar-refractivity contribution is 7.08. The number of ether oxygens (including phenoxy) is 2. The number of nitrogens with one attached hydrogen (secondary N) is 1. The number of hydrogen-bond acceptors (Lipinski definition) is 4. The molecule has 1 aliphatic carbocycles. The molecular weight excluding hydrogens is 346 g/mol. The Labute approximate surface area is 159 Å². The maximum absolute atomic E-state index is 12.7. The summed E-state index contributed by atoms with van der Waals surface area (Å²) in [6, 6.07) is 7.59. The third-order valence-electron chi connectivity index (χ3n) is 5.09. The van der Waals surface area contributed by atoms with Crippen molar-refractivity contribution in [2.45, 2.75) is 44.9 Å². The Kier molecular flexibility index (Phi) is 6.20. The molecule has 0 atom stereocenters. The van der Waals surface area contributed by atoms with E-state index < -0.39 is 0 Å². The van der Waals surface area contributed by atoms with E-state index in [0.29, 0.717) is 36.8 Å². The average Bonchev–Trinajstić information content (AvgIpc) is 3.34. The SMILES string of the molecule is CCOc1ccc(C(=O)NCC2(c3ccsc3)CCCC2)cc1OCC. The molecule has 140 valence electrons. The molecule has 1 fully saturated rings. The van der Waals surface area contributed by atoms with Crippen LogP contribution < -0.4 is 14.8 Å². The summed E-state index contributed by atoms with van der Waals surface area (Å²) in [5.74, 6) is 1.24. The third kappa shape index (κ3) is 4.04. The number of amides is 1. The Bertz CT molecular complexity index is 721. The maximum Gasteiger partial charge on any atom is 0.251 e. The van der Waals surface area contributed by atoms with Crippen LogP contribution in [0, 0.1) is 0 Å². The van der Waals surface area contributed by atoms with Crippen LogP contribution in [0.3, 0.4) is 0 Å². The summed E-state index contributed by atoms with van der Waals surface area (Å²) >= 11 is 1.73. The molecule has 2 aromatic rings. The largest absolute Gasteiger partial charge is 0.490 e. The number of hydrogen-bond donors (Lipinski definition) is 1. The van der Waals surface area contributed by atoms with E-state index in [2.05, 4.69) is 22.1 Å². The molecular formula is C21H27NO3S. The molecule has 1 amide bonds. The summed E-state index contributed by atoms with van der Waals surface area (Å²) in [4.78, 5) is 12.7. The zero-order chi connectivity index (χ0) is 18.4. The van der Waals surface area contributed by atoms with Gasteiger partial charge in [0.2, 0.25) is 0 Å². The minimum absolute atomic E-state index is 0.0597. The van der Waals surface area contributed by atoms with Gasteiger partial charge in [-0.2, -0.15) is 11.3 Å². The quantitative estimate of drug-likeness (QED) is 0.724. The fourth-order valence-electron chi connectivity index (χ4n) is 3.73. The molecule has 26 heavy (non-hydrogen) atoms. The first kappa shape index (κ1) is 18.8. The second-order valence-electron chi connectivity index (χ2n) is 6.71. The molecule has 1 heterocycles. The third-order valence-corrected chi connectivity index (χ3v) is 5.77. The van der Waals surface area contributed by atoms with Crippen LogP contribution in [0.4, 0.5) is 0 Å². The Morgan fingerprint density at radius 3 is 2.50 bits per heavy atom. The van der Waals surface area contributed by atoms with Gasteiger partial charge in [0.1, 0.15) is 0 Å². The Hall–Kier alpha value is -2.01. The highest BCUT2D eigenvalue weighted by atomic mass is 32.1. The van der Waals surface area contributed by atoms with Crippen LogP contribution in [0.2, 0.25) is 0 Å². The fraction of sp³-hybridized carbons (Fsp3) is 0.476. The van der Waals surface area contributed by atoms with Crippen molar-refractivity contribution in [3.8, 4) is 11.5 Å². The molecule has 1 saturated carbocycles. The molecule has 0 unspecified atom stereocenters. The monoisotopic (exact) mass is 373 g/mol. The summed E-state index contributed by atoms with van der Waals surface area (Å²) in [6.45, 7) is 5.63. The Balaban J connectivity index is 1.72.